The van der Waals surface area contributed by atoms with Crippen LogP contribution in [0.3, 0.4) is 0 Å². The first-order valence-corrected chi connectivity index (χ1v) is 3.73. The van der Waals surface area contributed by atoms with E-state index in [2.05, 4.69) is 16.4 Å². The summed E-state index contributed by atoms with van der Waals surface area (Å²) in [5.41, 5.74) is 3.46. The molecule has 2 heterocycles. The Balaban J connectivity index is 2.54. The van der Waals surface area contributed by atoms with E-state index in [1.807, 2.05) is 25.3 Å². The van der Waals surface area contributed by atoms with Gasteiger partial charge in [-0.15, -0.1) is 0 Å². The van der Waals surface area contributed by atoms with E-state index in [9.17, 15) is 0 Å². The summed E-state index contributed by atoms with van der Waals surface area (Å²) in [5.74, 6) is 0. The summed E-state index contributed by atoms with van der Waals surface area (Å²) in [7, 11) is 0. The lowest BCUT2D eigenvalue weighted by Gasteiger charge is -2.10. The Labute approximate surface area is 66.0 Å². The van der Waals surface area contributed by atoms with Crippen LogP contribution in [0, 0.1) is 6.92 Å². The van der Waals surface area contributed by atoms with Crippen molar-refractivity contribution < 1.29 is 0 Å². The fourth-order valence-corrected chi connectivity index (χ4v) is 1.21. The third-order valence-corrected chi connectivity index (χ3v) is 1.80. The van der Waals surface area contributed by atoms with Crippen molar-refractivity contribution in [2.75, 3.05) is 0 Å². The molecule has 0 saturated heterocycles. The monoisotopic (exact) mass is 146 g/mol. The topological polar surface area (TPSA) is 24.9 Å². The van der Waals surface area contributed by atoms with Crippen LogP contribution < -0.4 is 5.32 Å². The van der Waals surface area contributed by atoms with Gasteiger partial charge in [0.2, 0.25) is 0 Å². The number of rotatable bonds is 0. The van der Waals surface area contributed by atoms with Gasteiger partial charge in [0.05, 0.1) is 5.69 Å². The van der Waals surface area contributed by atoms with Crippen LogP contribution in [0.1, 0.15) is 17.0 Å². The molecule has 2 nitrogen and oxygen atoms in total. The maximum atomic E-state index is 4.39. The van der Waals surface area contributed by atoms with E-state index in [0.717, 1.165) is 17.9 Å². The van der Waals surface area contributed by atoms with Crippen LogP contribution in [0.5, 0.6) is 0 Å². The Kier molecular flexibility index (Phi) is 1.39. The average molecular weight is 146 g/mol. The molecule has 0 radical (unpaired) electrons. The molecule has 11 heavy (non-hydrogen) atoms. The van der Waals surface area contributed by atoms with Gasteiger partial charge in [0.15, 0.2) is 0 Å². The van der Waals surface area contributed by atoms with Crippen LogP contribution in [0.4, 0.5) is 0 Å². The summed E-state index contributed by atoms with van der Waals surface area (Å²) in [6, 6.07) is 4.16. The number of nitrogens with zero attached hydrogens (tertiary/aromatic N) is 1. The summed E-state index contributed by atoms with van der Waals surface area (Å²) in [4.78, 5) is 4.39. The van der Waals surface area contributed by atoms with Gasteiger partial charge in [-0.1, -0.05) is 6.07 Å². The zero-order valence-electron chi connectivity index (χ0n) is 6.46. The number of aryl methyl sites for hydroxylation is 1. The fraction of sp³-hybridized carbons (Fsp3) is 0.222. The minimum atomic E-state index is 0.902. The van der Waals surface area contributed by atoms with Crippen LogP contribution in [-0.4, -0.2) is 4.98 Å². The number of hydrogen-bond acceptors (Lipinski definition) is 2. The second-order valence-electron chi connectivity index (χ2n) is 2.71. The Morgan fingerprint density at radius 1 is 1.45 bits per heavy atom. The molecule has 2 heteroatoms. The van der Waals surface area contributed by atoms with Crippen molar-refractivity contribution in [2.24, 2.45) is 0 Å². The van der Waals surface area contributed by atoms with Gasteiger partial charge in [-0.05, 0) is 30.8 Å². The summed E-state index contributed by atoms with van der Waals surface area (Å²) >= 11 is 0. The average Bonchev–Trinajstić information content (AvgIpc) is 2.04. The predicted molar refractivity (Wildman–Crippen MR) is 44.8 cm³/mol. The van der Waals surface area contributed by atoms with Gasteiger partial charge in [-0.3, -0.25) is 4.98 Å². The van der Waals surface area contributed by atoms with E-state index >= 15 is 0 Å². The molecular weight excluding hydrogens is 136 g/mol. The van der Waals surface area contributed by atoms with Gasteiger partial charge in [0.25, 0.3) is 0 Å². The smallest absolute Gasteiger partial charge is 0.0696 e. The highest BCUT2D eigenvalue weighted by atomic mass is 14.9. The summed E-state index contributed by atoms with van der Waals surface area (Å²) in [6.45, 7) is 2.91. The van der Waals surface area contributed by atoms with E-state index in [0.29, 0.717) is 0 Å². The van der Waals surface area contributed by atoms with Gasteiger partial charge in [-0.25, -0.2) is 0 Å². The lowest BCUT2D eigenvalue weighted by Crippen LogP contribution is -2.11. The van der Waals surface area contributed by atoms with Crippen molar-refractivity contribution in [1.29, 1.82) is 0 Å². The number of pyridine rings is 1. The molecule has 1 N–H and O–H groups in total. The highest BCUT2D eigenvalue weighted by Crippen LogP contribution is 2.11. The van der Waals surface area contributed by atoms with Crippen LogP contribution in [-0.2, 0) is 6.54 Å². The zero-order valence-corrected chi connectivity index (χ0v) is 6.46. The van der Waals surface area contributed by atoms with Crippen molar-refractivity contribution in [1.82, 2.24) is 10.3 Å². The number of aromatic nitrogens is 1. The van der Waals surface area contributed by atoms with E-state index in [-0.39, 0.29) is 0 Å². The quantitative estimate of drug-likeness (QED) is 0.599. The maximum Gasteiger partial charge on any atom is 0.0696 e. The minimum absolute atomic E-state index is 0.902. The summed E-state index contributed by atoms with van der Waals surface area (Å²) in [6.07, 6.45) is 3.95. The number of fused-ring (bicyclic) bond motifs is 1. The molecule has 0 atom stereocenters. The van der Waals surface area contributed by atoms with E-state index in [1.165, 1.54) is 5.56 Å². The molecule has 0 saturated carbocycles. The summed E-state index contributed by atoms with van der Waals surface area (Å²) in [5, 5.41) is 3.14. The van der Waals surface area contributed by atoms with Gasteiger partial charge in [-0.2, -0.15) is 0 Å². The second-order valence-corrected chi connectivity index (χ2v) is 2.71. The molecule has 56 valence electrons. The van der Waals surface area contributed by atoms with Crippen molar-refractivity contribution in [3.63, 3.8) is 0 Å². The molecule has 1 aliphatic rings. The van der Waals surface area contributed by atoms with Gasteiger partial charge >= 0.3 is 0 Å². The minimum Gasteiger partial charge on any atom is -0.387 e. The molecule has 0 aliphatic carbocycles. The fourth-order valence-electron chi connectivity index (χ4n) is 1.21. The van der Waals surface area contributed by atoms with Gasteiger partial charge < -0.3 is 5.32 Å². The number of nitrogens with one attached hydrogen (secondary N) is 1. The van der Waals surface area contributed by atoms with E-state index in [4.69, 9.17) is 0 Å². The molecule has 1 aliphatic heterocycles. The first-order chi connectivity index (χ1) is 5.36. The summed E-state index contributed by atoms with van der Waals surface area (Å²) < 4.78 is 0. The highest BCUT2D eigenvalue weighted by molar-refractivity contribution is 5.51. The lowest BCUT2D eigenvalue weighted by atomic mass is 10.1. The molecule has 0 amide bonds. The van der Waals surface area contributed by atoms with Crippen molar-refractivity contribution in [2.45, 2.75) is 13.5 Å². The molecular formula is C9H10N2. The molecule has 0 aromatic carbocycles. The first-order valence-electron chi connectivity index (χ1n) is 3.73. The largest absolute Gasteiger partial charge is 0.387 e. The Hall–Kier alpha value is -1.31. The normalized spacial score (nSPS) is 13.9. The maximum absolute atomic E-state index is 4.39. The molecule has 2 rings (SSSR count). The lowest BCUT2D eigenvalue weighted by molar-refractivity contribution is 0.845. The number of hydrogen-bond donors (Lipinski definition) is 1. The SMILES string of the molecule is Cc1ccc2c(n1)C=CNC2. The molecule has 1 aromatic rings. The van der Waals surface area contributed by atoms with E-state index in [1.54, 1.807) is 0 Å². The van der Waals surface area contributed by atoms with Gasteiger partial charge in [0.1, 0.15) is 0 Å². The molecule has 0 unspecified atom stereocenters. The van der Waals surface area contributed by atoms with Crippen LogP contribution in [0.25, 0.3) is 6.08 Å². The Morgan fingerprint density at radius 2 is 2.36 bits per heavy atom. The van der Waals surface area contributed by atoms with Gasteiger partial charge in [0, 0.05) is 12.2 Å². The third kappa shape index (κ3) is 1.11. The molecule has 0 spiro atoms. The molecule has 0 fully saturated rings. The van der Waals surface area contributed by atoms with Crippen molar-refractivity contribution >= 4 is 6.08 Å². The predicted octanol–water partition coefficient (Wildman–Crippen LogP) is 1.46. The van der Waals surface area contributed by atoms with E-state index < -0.39 is 0 Å². The van der Waals surface area contributed by atoms with Crippen molar-refractivity contribution in [3.05, 3.63) is 35.3 Å². The van der Waals surface area contributed by atoms with Crippen LogP contribution in [0.15, 0.2) is 18.3 Å². The van der Waals surface area contributed by atoms with Crippen LogP contribution >= 0.6 is 0 Å². The second kappa shape index (κ2) is 2.38. The first kappa shape index (κ1) is 6.40. The van der Waals surface area contributed by atoms with Crippen molar-refractivity contribution in [3.8, 4) is 0 Å². The van der Waals surface area contributed by atoms with Crippen LogP contribution in [0.2, 0.25) is 0 Å². The Bertz CT molecular complexity index is 302. The third-order valence-electron chi connectivity index (χ3n) is 1.80. The Morgan fingerprint density at radius 3 is 3.27 bits per heavy atom. The zero-order chi connectivity index (χ0) is 7.68. The highest BCUT2D eigenvalue weighted by Gasteiger charge is 2.03. The molecule has 1 aromatic heterocycles. The standard InChI is InChI=1S/C9H10N2/c1-7-2-3-8-6-10-5-4-9(8)11-7/h2-5,10H,6H2,1H3. The molecule has 0 bridgehead atoms.